The predicted octanol–water partition coefficient (Wildman–Crippen LogP) is 0.881. The molecule has 1 heterocycles. The first-order valence-electron chi connectivity index (χ1n) is 3.76. The van der Waals surface area contributed by atoms with Crippen LogP contribution in [0.25, 0.3) is 0 Å². The Morgan fingerprint density at radius 1 is 1.80 bits per heavy atom. The van der Waals surface area contributed by atoms with Gasteiger partial charge in [0, 0.05) is 0 Å². The predicted molar refractivity (Wildman–Crippen MR) is 41.5 cm³/mol. The Morgan fingerprint density at radius 2 is 2.50 bits per heavy atom. The van der Waals surface area contributed by atoms with Crippen molar-refractivity contribution in [1.82, 2.24) is 5.32 Å². The second kappa shape index (κ2) is 3.06. The molecule has 10 heavy (non-hydrogen) atoms. The van der Waals surface area contributed by atoms with Gasteiger partial charge in [0.25, 0.3) is 0 Å². The fraction of sp³-hybridized carbons (Fsp3) is 0.750. The van der Waals surface area contributed by atoms with E-state index in [-0.39, 0.29) is 12.6 Å². The fourth-order valence-corrected chi connectivity index (χ4v) is 1.36. The first-order valence-corrected chi connectivity index (χ1v) is 3.76. The van der Waals surface area contributed by atoms with Gasteiger partial charge in [0.15, 0.2) is 0 Å². The lowest BCUT2D eigenvalue weighted by Crippen LogP contribution is -2.37. The topological polar surface area (TPSA) is 32.3 Å². The molecular weight excluding hydrogens is 126 g/mol. The van der Waals surface area contributed by atoms with Gasteiger partial charge in [0.05, 0.1) is 12.6 Å². The molecule has 1 aliphatic rings. The number of hydrogen-bond acceptors (Lipinski definition) is 2. The molecule has 0 bridgehead atoms. The highest BCUT2D eigenvalue weighted by Gasteiger charge is 2.18. The van der Waals surface area contributed by atoms with Crippen LogP contribution in [0, 0.1) is 5.92 Å². The molecule has 0 amide bonds. The molecule has 0 aromatic rings. The highest BCUT2D eigenvalue weighted by atomic mass is 16.3. The van der Waals surface area contributed by atoms with E-state index in [2.05, 4.69) is 19.2 Å². The normalized spacial score (nSPS) is 32.9. The SMILES string of the molecule is CC1=CNC(CO)C(C)C1. The standard InChI is InChI=1S/C8H15NO/c1-6-3-7(2)8(5-10)9-4-6/h4,7-10H,3,5H2,1-2H3. The van der Waals surface area contributed by atoms with Crippen LogP contribution >= 0.6 is 0 Å². The van der Waals surface area contributed by atoms with E-state index in [4.69, 9.17) is 5.11 Å². The lowest BCUT2D eigenvalue weighted by molar-refractivity contribution is 0.209. The van der Waals surface area contributed by atoms with Crippen molar-refractivity contribution in [2.24, 2.45) is 5.92 Å². The van der Waals surface area contributed by atoms with Gasteiger partial charge in [-0.05, 0) is 25.5 Å². The summed E-state index contributed by atoms with van der Waals surface area (Å²) in [5.41, 5.74) is 1.37. The second-order valence-corrected chi connectivity index (χ2v) is 3.13. The summed E-state index contributed by atoms with van der Waals surface area (Å²) in [5.74, 6) is 0.565. The van der Waals surface area contributed by atoms with E-state index in [9.17, 15) is 0 Å². The summed E-state index contributed by atoms with van der Waals surface area (Å²) in [7, 11) is 0. The lowest BCUT2D eigenvalue weighted by atomic mass is 9.92. The van der Waals surface area contributed by atoms with E-state index in [0.29, 0.717) is 5.92 Å². The van der Waals surface area contributed by atoms with Crippen molar-refractivity contribution < 1.29 is 5.11 Å². The Kier molecular flexibility index (Phi) is 2.33. The number of allylic oxidation sites excluding steroid dienone is 1. The monoisotopic (exact) mass is 141 g/mol. The van der Waals surface area contributed by atoms with Gasteiger partial charge in [-0.2, -0.15) is 0 Å². The maximum atomic E-state index is 8.86. The molecule has 2 N–H and O–H groups in total. The van der Waals surface area contributed by atoms with E-state index in [1.807, 2.05) is 6.20 Å². The van der Waals surface area contributed by atoms with Crippen molar-refractivity contribution in [3.63, 3.8) is 0 Å². The third kappa shape index (κ3) is 1.51. The second-order valence-electron chi connectivity index (χ2n) is 3.13. The van der Waals surface area contributed by atoms with E-state index < -0.39 is 0 Å². The molecule has 0 aromatic carbocycles. The smallest absolute Gasteiger partial charge is 0.0635 e. The molecule has 1 aliphatic heterocycles. The van der Waals surface area contributed by atoms with Crippen LogP contribution in [0.5, 0.6) is 0 Å². The zero-order valence-electron chi connectivity index (χ0n) is 6.59. The van der Waals surface area contributed by atoms with Crippen molar-refractivity contribution in [1.29, 1.82) is 0 Å². The first kappa shape index (κ1) is 7.61. The van der Waals surface area contributed by atoms with E-state index in [1.165, 1.54) is 5.57 Å². The number of aliphatic hydroxyl groups excluding tert-OH is 1. The zero-order valence-corrected chi connectivity index (χ0v) is 6.59. The Hall–Kier alpha value is -0.500. The lowest BCUT2D eigenvalue weighted by Gasteiger charge is -2.27. The highest BCUT2D eigenvalue weighted by molar-refractivity contribution is 5.04. The number of rotatable bonds is 1. The van der Waals surface area contributed by atoms with Crippen molar-refractivity contribution in [2.45, 2.75) is 26.3 Å². The number of aliphatic hydroxyl groups is 1. The van der Waals surface area contributed by atoms with Gasteiger partial charge in [-0.3, -0.25) is 0 Å². The molecule has 2 atom stereocenters. The molecule has 0 aliphatic carbocycles. The largest absolute Gasteiger partial charge is 0.394 e. The fourth-order valence-electron chi connectivity index (χ4n) is 1.36. The highest BCUT2D eigenvalue weighted by Crippen LogP contribution is 2.18. The van der Waals surface area contributed by atoms with Crippen LogP contribution in [0.4, 0.5) is 0 Å². The van der Waals surface area contributed by atoms with Crippen LogP contribution in [0.2, 0.25) is 0 Å². The zero-order chi connectivity index (χ0) is 7.56. The number of nitrogens with one attached hydrogen (secondary N) is 1. The average Bonchev–Trinajstić information content (AvgIpc) is 1.88. The van der Waals surface area contributed by atoms with Gasteiger partial charge in [0.1, 0.15) is 0 Å². The van der Waals surface area contributed by atoms with Crippen molar-refractivity contribution in [3.05, 3.63) is 11.8 Å². The van der Waals surface area contributed by atoms with Crippen LogP contribution in [0.3, 0.4) is 0 Å². The summed E-state index contributed by atoms with van der Waals surface area (Å²) in [4.78, 5) is 0. The molecule has 0 saturated heterocycles. The van der Waals surface area contributed by atoms with E-state index >= 15 is 0 Å². The van der Waals surface area contributed by atoms with Crippen molar-refractivity contribution >= 4 is 0 Å². The molecule has 1 rings (SSSR count). The van der Waals surface area contributed by atoms with Gasteiger partial charge in [0.2, 0.25) is 0 Å². The summed E-state index contributed by atoms with van der Waals surface area (Å²) < 4.78 is 0. The maximum Gasteiger partial charge on any atom is 0.0635 e. The molecule has 0 spiro atoms. The van der Waals surface area contributed by atoms with Gasteiger partial charge >= 0.3 is 0 Å². The quantitative estimate of drug-likeness (QED) is 0.568. The summed E-state index contributed by atoms with van der Waals surface area (Å²) in [6.07, 6.45) is 3.11. The third-order valence-corrected chi connectivity index (χ3v) is 2.07. The van der Waals surface area contributed by atoms with Crippen LogP contribution < -0.4 is 5.32 Å². The van der Waals surface area contributed by atoms with Crippen molar-refractivity contribution in [3.8, 4) is 0 Å². The Bertz CT molecular complexity index is 142. The van der Waals surface area contributed by atoms with Gasteiger partial charge in [-0.1, -0.05) is 12.5 Å². The number of hydrogen-bond donors (Lipinski definition) is 2. The van der Waals surface area contributed by atoms with Crippen molar-refractivity contribution in [2.75, 3.05) is 6.61 Å². The third-order valence-electron chi connectivity index (χ3n) is 2.07. The van der Waals surface area contributed by atoms with Gasteiger partial charge in [-0.15, -0.1) is 0 Å². The van der Waals surface area contributed by atoms with E-state index in [0.717, 1.165) is 6.42 Å². The summed E-state index contributed by atoms with van der Waals surface area (Å²) in [6.45, 7) is 4.51. The maximum absolute atomic E-state index is 8.86. The molecule has 58 valence electrons. The first-order chi connectivity index (χ1) is 4.74. The van der Waals surface area contributed by atoms with E-state index in [1.54, 1.807) is 0 Å². The summed E-state index contributed by atoms with van der Waals surface area (Å²) in [6, 6.07) is 0.267. The molecular formula is C8H15NO. The minimum Gasteiger partial charge on any atom is -0.394 e. The van der Waals surface area contributed by atoms with Crippen LogP contribution in [0.1, 0.15) is 20.3 Å². The molecule has 2 nitrogen and oxygen atoms in total. The summed E-state index contributed by atoms with van der Waals surface area (Å²) >= 11 is 0. The van der Waals surface area contributed by atoms with Gasteiger partial charge in [-0.25, -0.2) is 0 Å². The Balaban J connectivity index is 2.52. The minimum absolute atomic E-state index is 0.241. The molecule has 0 saturated carbocycles. The minimum atomic E-state index is 0.241. The molecule has 2 heteroatoms. The Labute approximate surface area is 61.9 Å². The van der Waals surface area contributed by atoms with Crippen LogP contribution in [-0.4, -0.2) is 17.8 Å². The van der Waals surface area contributed by atoms with Crippen LogP contribution in [0.15, 0.2) is 11.8 Å². The molecule has 0 aromatic heterocycles. The molecule has 2 unspecified atom stereocenters. The van der Waals surface area contributed by atoms with Gasteiger partial charge < -0.3 is 10.4 Å². The molecule has 0 radical (unpaired) electrons. The Morgan fingerprint density at radius 3 is 3.00 bits per heavy atom. The average molecular weight is 141 g/mol. The molecule has 0 fully saturated rings. The summed E-state index contributed by atoms with van der Waals surface area (Å²) in [5, 5.41) is 12.0. The van der Waals surface area contributed by atoms with Crippen LogP contribution in [-0.2, 0) is 0 Å².